The van der Waals surface area contributed by atoms with Gasteiger partial charge >= 0.3 is 0 Å². The van der Waals surface area contributed by atoms with Gasteiger partial charge in [-0.1, -0.05) is 24.3 Å². The van der Waals surface area contributed by atoms with Gasteiger partial charge in [0.05, 0.1) is 12.2 Å². The second-order valence-electron chi connectivity index (χ2n) is 4.35. The molecule has 0 saturated heterocycles. The fourth-order valence-corrected chi connectivity index (χ4v) is 1.79. The van der Waals surface area contributed by atoms with E-state index in [1.807, 2.05) is 25.4 Å². The molecule has 0 aliphatic rings. The van der Waals surface area contributed by atoms with Crippen LogP contribution in [0.25, 0.3) is 0 Å². The molecule has 1 N–H and O–H groups in total. The van der Waals surface area contributed by atoms with E-state index in [0.717, 1.165) is 24.4 Å². The maximum Gasteiger partial charge on any atom is 0.119 e. The molecular formula is C14H20N4O. The molecule has 1 aromatic carbocycles. The number of nitrogens with one attached hydrogen (secondary N) is 1. The van der Waals surface area contributed by atoms with Crippen molar-refractivity contribution in [2.45, 2.75) is 26.4 Å². The summed E-state index contributed by atoms with van der Waals surface area (Å²) in [6.45, 7) is 4.17. The van der Waals surface area contributed by atoms with Gasteiger partial charge < -0.3 is 10.1 Å². The first-order chi connectivity index (χ1) is 9.31. The average molecular weight is 260 g/mol. The van der Waals surface area contributed by atoms with Gasteiger partial charge in [-0.05, 0) is 31.2 Å². The van der Waals surface area contributed by atoms with Crippen LogP contribution in [-0.2, 0) is 19.5 Å². The zero-order valence-electron chi connectivity index (χ0n) is 11.5. The molecule has 0 amide bonds. The molecule has 2 rings (SSSR count). The number of benzene rings is 1. The summed E-state index contributed by atoms with van der Waals surface area (Å²) >= 11 is 0. The SMILES string of the molecule is CCc1ccc(OCCn2cc(CNC)nn2)cc1. The van der Waals surface area contributed by atoms with Crippen LogP contribution >= 0.6 is 0 Å². The van der Waals surface area contributed by atoms with Crippen molar-refractivity contribution in [2.75, 3.05) is 13.7 Å². The van der Waals surface area contributed by atoms with Crippen LogP contribution in [0.4, 0.5) is 0 Å². The normalized spacial score (nSPS) is 10.6. The Bertz CT molecular complexity index is 492. The number of hydrogen-bond donors (Lipinski definition) is 1. The van der Waals surface area contributed by atoms with Crippen LogP contribution < -0.4 is 10.1 Å². The minimum absolute atomic E-state index is 0.591. The fourth-order valence-electron chi connectivity index (χ4n) is 1.79. The molecule has 19 heavy (non-hydrogen) atoms. The van der Waals surface area contributed by atoms with Gasteiger partial charge in [-0.15, -0.1) is 5.10 Å². The van der Waals surface area contributed by atoms with Crippen LogP contribution in [0.15, 0.2) is 30.5 Å². The predicted molar refractivity (Wildman–Crippen MR) is 74.1 cm³/mol. The van der Waals surface area contributed by atoms with Gasteiger partial charge in [0.15, 0.2) is 0 Å². The minimum Gasteiger partial charge on any atom is -0.492 e. The van der Waals surface area contributed by atoms with Crippen molar-refractivity contribution in [2.24, 2.45) is 0 Å². The number of nitrogens with zero attached hydrogens (tertiary/aromatic N) is 3. The smallest absolute Gasteiger partial charge is 0.119 e. The second-order valence-corrected chi connectivity index (χ2v) is 4.35. The van der Waals surface area contributed by atoms with Crippen LogP contribution in [0, 0.1) is 0 Å². The molecule has 1 aromatic heterocycles. The molecule has 0 spiro atoms. The third-order valence-electron chi connectivity index (χ3n) is 2.86. The second kappa shape index (κ2) is 6.89. The van der Waals surface area contributed by atoms with E-state index < -0.39 is 0 Å². The lowest BCUT2D eigenvalue weighted by Gasteiger charge is -2.06. The first kappa shape index (κ1) is 13.5. The van der Waals surface area contributed by atoms with Crippen molar-refractivity contribution in [3.05, 3.63) is 41.7 Å². The summed E-state index contributed by atoms with van der Waals surface area (Å²) in [5.41, 5.74) is 2.26. The highest BCUT2D eigenvalue weighted by atomic mass is 16.5. The number of rotatable bonds is 7. The molecule has 0 bridgehead atoms. The standard InChI is InChI=1S/C14H20N4O/c1-3-12-4-6-14(7-5-12)19-9-8-18-11-13(10-15-2)16-17-18/h4-7,11,15H,3,8-10H2,1-2H3. The van der Waals surface area contributed by atoms with Crippen LogP contribution in [0.3, 0.4) is 0 Å². The van der Waals surface area contributed by atoms with E-state index in [1.165, 1.54) is 5.56 Å². The maximum atomic E-state index is 5.67. The molecule has 1 heterocycles. The topological polar surface area (TPSA) is 52.0 Å². The lowest BCUT2D eigenvalue weighted by Crippen LogP contribution is -2.09. The highest BCUT2D eigenvalue weighted by molar-refractivity contribution is 5.27. The van der Waals surface area contributed by atoms with E-state index in [-0.39, 0.29) is 0 Å². The van der Waals surface area contributed by atoms with Gasteiger partial charge in [-0.3, -0.25) is 0 Å². The van der Waals surface area contributed by atoms with E-state index in [2.05, 4.69) is 34.7 Å². The molecule has 0 saturated carbocycles. The Hall–Kier alpha value is -1.88. The summed E-state index contributed by atoms with van der Waals surface area (Å²) < 4.78 is 7.47. The van der Waals surface area contributed by atoms with Gasteiger partial charge in [0.25, 0.3) is 0 Å². The minimum atomic E-state index is 0.591. The highest BCUT2D eigenvalue weighted by Crippen LogP contribution is 2.12. The van der Waals surface area contributed by atoms with Crippen LogP contribution in [0.5, 0.6) is 5.75 Å². The summed E-state index contributed by atoms with van der Waals surface area (Å²) in [7, 11) is 1.89. The van der Waals surface area contributed by atoms with Gasteiger partial charge in [0, 0.05) is 12.7 Å². The molecule has 0 fully saturated rings. The highest BCUT2D eigenvalue weighted by Gasteiger charge is 2.00. The largest absolute Gasteiger partial charge is 0.492 e. The van der Waals surface area contributed by atoms with E-state index in [9.17, 15) is 0 Å². The van der Waals surface area contributed by atoms with Gasteiger partial charge in [0.2, 0.25) is 0 Å². The Morgan fingerprint density at radius 1 is 1.26 bits per heavy atom. The van der Waals surface area contributed by atoms with Crippen molar-refractivity contribution in [3.8, 4) is 5.75 Å². The van der Waals surface area contributed by atoms with E-state index in [4.69, 9.17) is 4.74 Å². The van der Waals surface area contributed by atoms with Crippen molar-refractivity contribution < 1.29 is 4.74 Å². The molecule has 0 atom stereocenters. The van der Waals surface area contributed by atoms with E-state index in [0.29, 0.717) is 13.2 Å². The molecule has 2 aromatic rings. The van der Waals surface area contributed by atoms with Crippen molar-refractivity contribution >= 4 is 0 Å². The molecule has 5 nitrogen and oxygen atoms in total. The molecular weight excluding hydrogens is 240 g/mol. The van der Waals surface area contributed by atoms with Crippen LogP contribution in [-0.4, -0.2) is 28.6 Å². The van der Waals surface area contributed by atoms with Crippen molar-refractivity contribution in [1.29, 1.82) is 0 Å². The molecule has 0 aliphatic heterocycles. The summed E-state index contributed by atoms with van der Waals surface area (Å²) in [6, 6.07) is 8.20. The Balaban J connectivity index is 1.78. The Morgan fingerprint density at radius 3 is 2.74 bits per heavy atom. The van der Waals surface area contributed by atoms with Crippen LogP contribution in [0.1, 0.15) is 18.2 Å². The van der Waals surface area contributed by atoms with Gasteiger partial charge in [-0.2, -0.15) is 0 Å². The van der Waals surface area contributed by atoms with Gasteiger partial charge in [0.1, 0.15) is 12.4 Å². The summed E-state index contributed by atoms with van der Waals surface area (Å²) in [6.07, 6.45) is 2.98. The van der Waals surface area contributed by atoms with Crippen LogP contribution in [0.2, 0.25) is 0 Å². The molecule has 0 radical (unpaired) electrons. The zero-order chi connectivity index (χ0) is 13.5. The van der Waals surface area contributed by atoms with Crippen molar-refractivity contribution in [3.63, 3.8) is 0 Å². The molecule has 102 valence electrons. The van der Waals surface area contributed by atoms with E-state index >= 15 is 0 Å². The number of aryl methyl sites for hydroxylation is 1. The maximum absolute atomic E-state index is 5.67. The Morgan fingerprint density at radius 2 is 2.05 bits per heavy atom. The summed E-state index contributed by atoms with van der Waals surface area (Å²) in [5, 5.41) is 11.1. The monoisotopic (exact) mass is 260 g/mol. The third-order valence-corrected chi connectivity index (χ3v) is 2.86. The fraction of sp³-hybridized carbons (Fsp3) is 0.429. The molecule has 5 heteroatoms. The van der Waals surface area contributed by atoms with Crippen molar-refractivity contribution in [1.82, 2.24) is 20.3 Å². The van der Waals surface area contributed by atoms with E-state index in [1.54, 1.807) is 4.68 Å². The van der Waals surface area contributed by atoms with Gasteiger partial charge in [-0.25, -0.2) is 4.68 Å². The lowest BCUT2D eigenvalue weighted by molar-refractivity contribution is 0.289. The Labute approximate surface area is 113 Å². The zero-order valence-corrected chi connectivity index (χ0v) is 11.5. The lowest BCUT2D eigenvalue weighted by atomic mass is 10.2. The first-order valence-electron chi connectivity index (χ1n) is 6.57. The number of ether oxygens (including phenoxy) is 1. The number of hydrogen-bond acceptors (Lipinski definition) is 4. The number of aromatic nitrogens is 3. The summed E-state index contributed by atoms with van der Waals surface area (Å²) in [4.78, 5) is 0. The first-order valence-corrected chi connectivity index (χ1v) is 6.57. The summed E-state index contributed by atoms with van der Waals surface area (Å²) in [5.74, 6) is 0.896. The molecule has 0 aliphatic carbocycles. The average Bonchev–Trinajstić information content (AvgIpc) is 2.88. The third kappa shape index (κ3) is 4.06. The predicted octanol–water partition coefficient (Wildman–Crippen LogP) is 1.64. The Kier molecular flexibility index (Phi) is 4.92. The molecule has 0 unspecified atom stereocenters. The quantitative estimate of drug-likeness (QED) is 0.822.